The lowest BCUT2D eigenvalue weighted by Crippen LogP contribution is -2.53. The highest BCUT2D eigenvalue weighted by Crippen LogP contribution is 2.13. The van der Waals surface area contributed by atoms with Gasteiger partial charge in [0.2, 0.25) is 0 Å². The lowest BCUT2D eigenvalue weighted by atomic mass is 10.00. The number of benzene rings is 1. The second kappa shape index (κ2) is 6.03. The standard InChI is InChI=1S/C12H15IN2O3/c1-3-12(2,10(16)17)15-11(18)14-9-6-4-8(13)5-7-9/h4-7H,3H2,1-2H3,(H,16,17)(H2,14,15,18). The largest absolute Gasteiger partial charge is 0.480 e. The van der Waals surface area contributed by atoms with Crippen molar-refractivity contribution >= 4 is 40.3 Å². The van der Waals surface area contributed by atoms with E-state index >= 15 is 0 Å². The van der Waals surface area contributed by atoms with Crippen LogP contribution in [0, 0.1) is 3.57 Å². The number of carboxylic acid groups (broad SMARTS) is 1. The van der Waals surface area contributed by atoms with E-state index in [1.165, 1.54) is 6.92 Å². The van der Waals surface area contributed by atoms with Crippen molar-refractivity contribution in [2.75, 3.05) is 5.32 Å². The molecule has 0 saturated carbocycles. The van der Waals surface area contributed by atoms with Gasteiger partial charge in [0.05, 0.1) is 0 Å². The van der Waals surface area contributed by atoms with Crippen LogP contribution in [0.5, 0.6) is 0 Å². The van der Waals surface area contributed by atoms with Gasteiger partial charge in [0.1, 0.15) is 5.54 Å². The lowest BCUT2D eigenvalue weighted by Gasteiger charge is -2.24. The number of aliphatic carboxylic acids is 1. The van der Waals surface area contributed by atoms with Crippen LogP contribution in [0.25, 0.3) is 0 Å². The molecule has 98 valence electrons. The van der Waals surface area contributed by atoms with Gasteiger partial charge in [0, 0.05) is 9.26 Å². The zero-order valence-corrected chi connectivity index (χ0v) is 12.3. The van der Waals surface area contributed by atoms with E-state index in [1.807, 2.05) is 12.1 Å². The summed E-state index contributed by atoms with van der Waals surface area (Å²) in [5.74, 6) is -1.05. The summed E-state index contributed by atoms with van der Waals surface area (Å²) < 4.78 is 1.06. The van der Waals surface area contributed by atoms with Crippen LogP contribution < -0.4 is 10.6 Å². The van der Waals surface area contributed by atoms with Crippen LogP contribution in [-0.4, -0.2) is 22.6 Å². The van der Waals surface area contributed by atoms with Crippen molar-refractivity contribution in [1.29, 1.82) is 0 Å². The van der Waals surface area contributed by atoms with Crippen molar-refractivity contribution in [2.45, 2.75) is 25.8 Å². The molecule has 0 bridgehead atoms. The molecule has 0 radical (unpaired) electrons. The monoisotopic (exact) mass is 362 g/mol. The highest BCUT2D eigenvalue weighted by Gasteiger charge is 2.32. The van der Waals surface area contributed by atoms with Crippen LogP contribution in [-0.2, 0) is 4.79 Å². The third-order valence-electron chi connectivity index (χ3n) is 2.67. The number of hydrogen-bond donors (Lipinski definition) is 3. The third kappa shape index (κ3) is 3.86. The molecule has 0 aliphatic rings. The Morgan fingerprint density at radius 1 is 1.33 bits per heavy atom. The molecule has 0 heterocycles. The molecule has 0 aliphatic heterocycles. The minimum absolute atomic E-state index is 0.308. The molecule has 1 aromatic rings. The molecule has 0 aliphatic carbocycles. The molecule has 3 N–H and O–H groups in total. The van der Waals surface area contributed by atoms with Gasteiger partial charge >= 0.3 is 12.0 Å². The number of urea groups is 1. The number of carbonyl (C=O) groups is 2. The van der Waals surface area contributed by atoms with Gasteiger partial charge in [0.25, 0.3) is 0 Å². The van der Waals surface area contributed by atoms with Gasteiger partial charge in [-0.1, -0.05) is 6.92 Å². The summed E-state index contributed by atoms with van der Waals surface area (Å²) in [6, 6.07) is 6.69. The SMILES string of the molecule is CCC(C)(NC(=O)Nc1ccc(I)cc1)C(=O)O. The maximum Gasteiger partial charge on any atom is 0.329 e. The average molecular weight is 362 g/mol. The van der Waals surface area contributed by atoms with Crippen LogP contribution in [0.2, 0.25) is 0 Å². The molecule has 0 saturated heterocycles. The molecule has 1 atom stereocenters. The molecular weight excluding hydrogens is 347 g/mol. The molecule has 5 nitrogen and oxygen atoms in total. The minimum Gasteiger partial charge on any atom is -0.480 e. The first-order valence-electron chi connectivity index (χ1n) is 5.45. The minimum atomic E-state index is -1.26. The van der Waals surface area contributed by atoms with Crippen molar-refractivity contribution in [3.63, 3.8) is 0 Å². The number of hydrogen-bond acceptors (Lipinski definition) is 2. The van der Waals surface area contributed by atoms with Crippen molar-refractivity contribution in [2.24, 2.45) is 0 Å². The van der Waals surface area contributed by atoms with Gasteiger partial charge in [-0.05, 0) is 60.2 Å². The Balaban J connectivity index is 2.66. The molecule has 0 fully saturated rings. The Kier molecular flexibility index (Phi) is 4.94. The fourth-order valence-corrected chi connectivity index (χ4v) is 1.60. The molecule has 0 spiro atoms. The second-order valence-corrected chi connectivity index (χ2v) is 5.32. The van der Waals surface area contributed by atoms with E-state index in [2.05, 4.69) is 33.2 Å². The molecule has 6 heteroatoms. The predicted molar refractivity (Wildman–Crippen MR) is 77.6 cm³/mol. The maximum atomic E-state index is 11.7. The molecule has 2 amide bonds. The van der Waals surface area contributed by atoms with Gasteiger partial charge < -0.3 is 15.7 Å². The molecule has 0 aromatic heterocycles. The Labute approximate surface area is 119 Å². The number of carbonyl (C=O) groups excluding carboxylic acids is 1. The summed E-state index contributed by atoms with van der Waals surface area (Å²) in [6.07, 6.45) is 0.308. The van der Waals surface area contributed by atoms with Crippen LogP contribution >= 0.6 is 22.6 Å². The second-order valence-electron chi connectivity index (χ2n) is 4.08. The number of rotatable bonds is 4. The Morgan fingerprint density at radius 3 is 2.33 bits per heavy atom. The van der Waals surface area contributed by atoms with Gasteiger partial charge in [-0.3, -0.25) is 0 Å². The summed E-state index contributed by atoms with van der Waals surface area (Å²) in [4.78, 5) is 22.7. The van der Waals surface area contributed by atoms with Crippen LogP contribution in [0.3, 0.4) is 0 Å². The van der Waals surface area contributed by atoms with Crippen LogP contribution in [0.1, 0.15) is 20.3 Å². The predicted octanol–water partition coefficient (Wildman–Crippen LogP) is 2.67. The summed E-state index contributed by atoms with van der Waals surface area (Å²) >= 11 is 2.16. The summed E-state index contributed by atoms with van der Waals surface area (Å²) in [5, 5.41) is 14.1. The lowest BCUT2D eigenvalue weighted by molar-refractivity contribution is -0.143. The smallest absolute Gasteiger partial charge is 0.329 e. The number of amides is 2. The zero-order valence-electron chi connectivity index (χ0n) is 10.2. The van der Waals surface area contributed by atoms with Crippen molar-refractivity contribution in [1.82, 2.24) is 5.32 Å². The maximum absolute atomic E-state index is 11.7. The highest BCUT2D eigenvalue weighted by molar-refractivity contribution is 14.1. The Morgan fingerprint density at radius 2 is 1.89 bits per heavy atom. The molecule has 1 aromatic carbocycles. The summed E-state index contributed by atoms with van der Waals surface area (Å²) in [5.41, 5.74) is -0.635. The number of halogens is 1. The van der Waals surface area contributed by atoms with Gasteiger partial charge in [0.15, 0.2) is 0 Å². The van der Waals surface area contributed by atoms with E-state index in [4.69, 9.17) is 5.11 Å². The van der Waals surface area contributed by atoms with E-state index in [1.54, 1.807) is 19.1 Å². The third-order valence-corrected chi connectivity index (χ3v) is 3.39. The van der Waals surface area contributed by atoms with Gasteiger partial charge in [-0.15, -0.1) is 0 Å². The normalized spacial score (nSPS) is 13.5. The van der Waals surface area contributed by atoms with Crippen molar-refractivity contribution in [3.05, 3.63) is 27.8 Å². The fraction of sp³-hybridized carbons (Fsp3) is 0.333. The Hall–Kier alpha value is -1.31. The number of anilines is 1. The fourth-order valence-electron chi connectivity index (χ4n) is 1.24. The zero-order chi connectivity index (χ0) is 13.8. The topological polar surface area (TPSA) is 78.4 Å². The number of nitrogens with one attached hydrogen (secondary N) is 2. The molecular formula is C12H15IN2O3. The molecule has 1 unspecified atom stereocenters. The average Bonchev–Trinajstić information content (AvgIpc) is 2.31. The van der Waals surface area contributed by atoms with E-state index in [0.29, 0.717) is 12.1 Å². The first-order chi connectivity index (χ1) is 8.37. The van der Waals surface area contributed by atoms with E-state index < -0.39 is 17.5 Å². The van der Waals surface area contributed by atoms with Crippen molar-refractivity contribution in [3.8, 4) is 0 Å². The first kappa shape index (κ1) is 14.7. The number of carboxylic acids is 1. The Bertz CT molecular complexity index is 447. The molecule has 1 rings (SSSR count). The molecule has 18 heavy (non-hydrogen) atoms. The van der Waals surface area contributed by atoms with E-state index in [0.717, 1.165) is 3.57 Å². The van der Waals surface area contributed by atoms with Crippen LogP contribution in [0.4, 0.5) is 10.5 Å². The summed E-state index contributed by atoms with van der Waals surface area (Å²) in [7, 11) is 0. The highest BCUT2D eigenvalue weighted by atomic mass is 127. The quantitative estimate of drug-likeness (QED) is 0.721. The van der Waals surface area contributed by atoms with E-state index in [-0.39, 0.29) is 0 Å². The van der Waals surface area contributed by atoms with Gasteiger partial charge in [-0.25, -0.2) is 9.59 Å². The van der Waals surface area contributed by atoms with Crippen LogP contribution in [0.15, 0.2) is 24.3 Å². The van der Waals surface area contributed by atoms with Crippen molar-refractivity contribution < 1.29 is 14.7 Å². The van der Waals surface area contributed by atoms with Gasteiger partial charge in [-0.2, -0.15) is 0 Å². The first-order valence-corrected chi connectivity index (χ1v) is 6.53. The van der Waals surface area contributed by atoms with E-state index in [9.17, 15) is 9.59 Å². The summed E-state index contributed by atoms with van der Waals surface area (Å²) in [6.45, 7) is 3.18.